The first-order valence-corrected chi connectivity index (χ1v) is 14.0. The number of nitriles is 1. The lowest BCUT2D eigenvalue weighted by molar-refractivity contribution is -0.122. The third-order valence-corrected chi connectivity index (χ3v) is 11.9. The van der Waals surface area contributed by atoms with E-state index in [2.05, 4.69) is 39.8 Å². The van der Waals surface area contributed by atoms with Gasteiger partial charge in [0.15, 0.2) is 5.78 Å². The number of ketones is 1. The average molecular weight is 452 g/mol. The van der Waals surface area contributed by atoms with Gasteiger partial charge in [-0.3, -0.25) is 4.79 Å². The molecule has 0 spiro atoms. The normalized spacial score (nSPS) is 46.2. The van der Waals surface area contributed by atoms with Gasteiger partial charge in [0, 0.05) is 6.42 Å². The Morgan fingerprint density at radius 2 is 1.94 bits per heavy atom. The van der Waals surface area contributed by atoms with E-state index in [1.807, 2.05) is 0 Å². The molecule has 0 aromatic rings. The van der Waals surface area contributed by atoms with Crippen molar-refractivity contribution in [3.8, 4) is 6.07 Å². The van der Waals surface area contributed by atoms with Crippen molar-refractivity contribution in [2.24, 2.45) is 45.8 Å². The van der Waals surface area contributed by atoms with E-state index in [1.165, 1.54) is 32.1 Å². The van der Waals surface area contributed by atoms with Crippen LogP contribution >= 0.6 is 0 Å². The zero-order valence-corrected chi connectivity index (χ0v) is 21.5. The second-order valence-electron chi connectivity index (χ2n) is 13.4. The fourth-order valence-corrected chi connectivity index (χ4v) is 9.27. The molecule has 3 nitrogen and oxygen atoms in total. The van der Waals surface area contributed by atoms with Crippen molar-refractivity contribution in [2.45, 2.75) is 117 Å². The average Bonchev–Trinajstić information content (AvgIpc) is 3.53. The van der Waals surface area contributed by atoms with Crippen LogP contribution in [-0.2, 0) is 4.79 Å². The molecule has 5 aliphatic carbocycles. The number of nitrogens with zero attached hydrogens (tertiary/aromatic N) is 1. The molecule has 1 unspecified atom stereocenters. The minimum Gasteiger partial charge on any atom is -0.390 e. The molecule has 4 saturated carbocycles. The van der Waals surface area contributed by atoms with Gasteiger partial charge in [0.05, 0.1) is 11.7 Å². The van der Waals surface area contributed by atoms with E-state index in [4.69, 9.17) is 0 Å². The van der Waals surface area contributed by atoms with E-state index in [9.17, 15) is 15.2 Å². The van der Waals surface area contributed by atoms with Gasteiger partial charge >= 0.3 is 0 Å². The van der Waals surface area contributed by atoms with Crippen LogP contribution in [0.15, 0.2) is 11.6 Å². The van der Waals surface area contributed by atoms with Crippen LogP contribution in [0, 0.1) is 57.2 Å². The quantitative estimate of drug-likeness (QED) is 0.442. The predicted octanol–water partition coefficient (Wildman–Crippen LogP) is 7.00. The van der Waals surface area contributed by atoms with Gasteiger partial charge in [0.2, 0.25) is 0 Å². The molecule has 8 atom stereocenters. The van der Waals surface area contributed by atoms with E-state index >= 15 is 0 Å². The Kier molecular flexibility index (Phi) is 5.68. The fraction of sp³-hybridized carbons (Fsp3) is 0.867. The number of Topliss-reactive ketones (excluding diaryl/α,β-unsaturated/α-hetero) is 1. The van der Waals surface area contributed by atoms with Crippen LogP contribution in [0.5, 0.6) is 0 Å². The summed E-state index contributed by atoms with van der Waals surface area (Å²) in [6.45, 7) is 9.61. The molecule has 0 saturated heterocycles. The first-order chi connectivity index (χ1) is 15.6. The Morgan fingerprint density at radius 3 is 2.61 bits per heavy atom. The molecule has 0 aliphatic heterocycles. The number of hydrogen-bond donors (Lipinski definition) is 1. The van der Waals surface area contributed by atoms with Crippen LogP contribution in [0.4, 0.5) is 0 Å². The molecule has 33 heavy (non-hydrogen) atoms. The Labute approximate surface area is 201 Å². The van der Waals surface area contributed by atoms with E-state index in [1.54, 1.807) is 5.57 Å². The summed E-state index contributed by atoms with van der Waals surface area (Å²) in [6.07, 6.45) is 16.2. The van der Waals surface area contributed by atoms with E-state index < -0.39 is 11.0 Å². The first kappa shape index (κ1) is 23.6. The number of fused-ring (bicyclic) bond motifs is 5. The topological polar surface area (TPSA) is 61.1 Å². The summed E-state index contributed by atoms with van der Waals surface area (Å²) >= 11 is 0. The van der Waals surface area contributed by atoms with Gasteiger partial charge in [-0.2, -0.15) is 5.26 Å². The summed E-state index contributed by atoms with van der Waals surface area (Å²) in [5, 5.41) is 20.4. The molecule has 182 valence electrons. The lowest BCUT2D eigenvalue weighted by Gasteiger charge is -2.58. The van der Waals surface area contributed by atoms with Crippen molar-refractivity contribution in [2.75, 3.05) is 0 Å². The molecule has 3 heteroatoms. The Morgan fingerprint density at radius 1 is 1.18 bits per heavy atom. The van der Waals surface area contributed by atoms with Gasteiger partial charge < -0.3 is 5.11 Å². The Bertz CT molecular complexity index is 880. The summed E-state index contributed by atoms with van der Waals surface area (Å²) in [5.41, 5.74) is 1.36. The summed E-state index contributed by atoms with van der Waals surface area (Å²) in [7, 11) is 0. The lowest BCUT2D eigenvalue weighted by Crippen LogP contribution is -2.51. The molecule has 5 rings (SSSR count). The summed E-state index contributed by atoms with van der Waals surface area (Å²) in [6, 6.07) is 2.29. The maximum atomic E-state index is 12.6. The van der Waals surface area contributed by atoms with Crippen molar-refractivity contribution < 1.29 is 9.90 Å². The van der Waals surface area contributed by atoms with Crippen LogP contribution in [0.2, 0.25) is 0 Å². The summed E-state index contributed by atoms with van der Waals surface area (Å²) in [5.74, 6) is 3.59. The molecule has 0 bridgehead atoms. The van der Waals surface area contributed by atoms with E-state index in [0.29, 0.717) is 29.6 Å². The third-order valence-electron chi connectivity index (χ3n) is 11.9. The summed E-state index contributed by atoms with van der Waals surface area (Å²) < 4.78 is 0. The molecule has 0 aromatic heterocycles. The van der Waals surface area contributed by atoms with E-state index in [0.717, 1.165) is 56.8 Å². The molecule has 0 heterocycles. The first-order valence-electron chi connectivity index (χ1n) is 14.0. The van der Waals surface area contributed by atoms with Crippen LogP contribution in [-0.4, -0.2) is 16.5 Å². The second-order valence-corrected chi connectivity index (χ2v) is 13.4. The maximum absolute atomic E-state index is 12.6. The van der Waals surface area contributed by atoms with E-state index in [-0.39, 0.29) is 11.2 Å². The standard InChI is InChI=1S/C30H45NO2/c1-5-30(33)17-14-27(3)21(18-30)7-8-22-24-10-9-23(28(24,4)13-12-25(22)27)20(2)6-11-26(32)29(19-31)15-16-29/h12,20-24,33H,5-11,13-18H2,1-4H3/t20-,21+,22+,23?,24+,27+,28-,30+/m1/s1. The van der Waals surface area contributed by atoms with Gasteiger partial charge in [-0.05, 0) is 117 Å². The smallest absolute Gasteiger partial charge is 0.153 e. The lowest BCUT2D eigenvalue weighted by atomic mass is 9.47. The monoisotopic (exact) mass is 451 g/mol. The summed E-state index contributed by atoms with van der Waals surface area (Å²) in [4.78, 5) is 12.6. The highest BCUT2D eigenvalue weighted by molar-refractivity contribution is 5.90. The van der Waals surface area contributed by atoms with Crippen LogP contribution in [0.1, 0.15) is 111 Å². The van der Waals surface area contributed by atoms with Crippen LogP contribution in [0.25, 0.3) is 0 Å². The number of rotatable bonds is 6. The minimum absolute atomic E-state index is 0.206. The van der Waals surface area contributed by atoms with Crippen LogP contribution in [0.3, 0.4) is 0 Å². The molecule has 0 radical (unpaired) electrons. The number of aliphatic hydroxyl groups is 1. The highest BCUT2D eigenvalue weighted by atomic mass is 16.3. The molecule has 1 N–H and O–H groups in total. The Balaban J connectivity index is 1.30. The zero-order valence-electron chi connectivity index (χ0n) is 21.5. The largest absolute Gasteiger partial charge is 0.390 e. The molecular weight excluding hydrogens is 406 g/mol. The Hall–Kier alpha value is -1.14. The van der Waals surface area contributed by atoms with Gasteiger partial charge in [-0.1, -0.05) is 39.3 Å². The zero-order chi connectivity index (χ0) is 23.6. The van der Waals surface area contributed by atoms with Gasteiger partial charge in [0.25, 0.3) is 0 Å². The molecule has 0 amide bonds. The van der Waals surface area contributed by atoms with Gasteiger partial charge in [-0.25, -0.2) is 0 Å². The third kappa shape index (κ3) is 3.57. The van der Waals surface area contributed by atoms with Crippen molar-refractivity contribution in [3.63, 3.8) is 0 Å². The van der Waals surface area contributed by atoms with Crippen molar-refractivity contribution in [1.82, 2.24) is 0 Å². The van der Waals surface area contributed by atoms with Gasteiger partial charge in [-0.15, -0.1) is 0 Å². The second kappa shape index (κ2) is 7.94. The number of carbonyl (C=O) groups is 1. The molecular formula is C30H45NO2. The number of hydrogen-bond acceptors (Lipinski definition) is 3. The van der Waals surface area contributed by atoms with Crippen molar-refractivity contribution >= 4 is 5.78 Å². The molecule has 4 fully saturated rings. The highest BCUT2D eigenvalue weighted by Crippen LogP contribution is 2.67. The van der Waals surface area contributed by atoms with Gasteiger partial charge in [0.1, 0.15) is 5.41 Å². The molecule has 5 aliphatic rings. The van der Waals surface area contributed by atoms with Crippen molar-refractivity contribution in [1.29, 1.82) is 5.26 Å². The minimum atomic E-state index is -0.609. The van der Waals surface area contributed by atoms with Crippen molar-refractivity contribution in [3.05, 3.63) is 11.6 Å². The highest BCUT2D eigenvalue weighted by Gasteiger charge is 2.59. The maximum Gasteiger partial charge on any atom is 0.153 e. The number of allylic oxidation sites excluding steroid dienone is 2. The SMILES string of the molecule is CC[C@]1(O)CC[C@]2(C)C3=CC[C@]4(C)C([C@H](C)CCC(=O)C5(C#N)CC5)CC[C@H]4[C@@H]3CC[C@H]2C1. The number of carbonyl (C=O) groups excluding carboxylic acids is 1. The van der Waals surface area contributed by atoms with Crippen LogP contribution < -0.4 is 0 Å². The predicted molar refractivity (Wildman–Crippen MR) is 131 cm³/mol. The fourth-order valence-electron chi connectivity index (χ4n) is 9.27. The molecule has 0 aromatic carbocycles.